The molecule has 0 radical (unpaired) electrons. The van der Waals surface area contributed by atoms with Crippen LogP contribution in [0, 0.1) is 12.7 Å². The molecule has 0 spiro atoms. The van der Waals surface area contributed by atoms with Crippen LogP contribution in [0.5, 0.6) is 0 Å². The van der Waals surface area contributed by atoms with Gasteiger partial charge in [-0.2, -0.15) is 0 Å². The minimum absolute atomic E-state index is 0.0105. The number of carbonyl (C=O) groups is 1. The van der Waals surface area contributed by atoms with Crippen molar-refractivity contribution < 1.29 is 17.6 Å². The van der Waals surface area contributed by atoms with Crippen molar-refractivity contribution in [1.29, 1.82) is 0 Å². The zero-order valence-corrected chi connectivity index (χ0v) is 14.1. The number of nitrogens with zero attached hydrogens (tertiary/aromatic N) is 4. The SMILES string of the molecule is Cc1nc(C(=O)N(C)C2CCS(=O)(=O)C2)nn1-c1ccc(F)cc1. The van der Waals surface area contributed by atoms with E-state index in [9.17, 15) is 17.6 Å². The van der Waals surface area contributed by atoms with E-state index in [1.807, 2.05) is 0 Å². The average Bonchev–Trinajstić information content (AvgIpc) is 3.09. The fraction of sp³-hybridized carbons (Fsp3) is 0.400. The van der Waals surface area contributed by atoms with E-state index in [4.69, 9.17) is 0 Å². The van der Waals surface area contributed by atoms with E-state index < -0.39 is 15.7 Å². The van der Waals surface area contributed by atoms with Gasteiger partial charge in [-0.3, -0.25) is 4.79 Å². The maximum absolute atomic E-state index is 13.0. The highest BCUT2D eigenvalue weighted by molar-refractivity contribution is 7.91. The van der Waals surface area contributed by atoms with Crippen LogP contribution in [0.25, 0.3) is 5.69 Å². The van der Waals surface area contributed by atoms with Gasteiger partial charge in [0.15, 0.2) is 9.84 Å². The van der Waals surface area contributed by atoms with Crippen molar-refractivity contribution in [2.45, 2.75) is 19.4 Å². The zero-order chi connectivity index (χ0) is 17.5. The minimum Gasteiger partial charge on any atom is -0.335 e. The molecule has 1 unspecified atom stereocenters. The summed E-state index contributed by atoms with van der Waals surface area (Å²) < 4.78 is 37.6. The summed E-state index contributed by atoms with van der Waals surface area (Å²) in [6.45, 7) is 1.69. The molecule has 1 amide bonds. The van der Waals surface area contributed by atoms with Gasteiger partial charge in [0.25, 0.3) is 5.91 Å². The summed E-state index contributed by atoms with van der Waals surface area (Å²) in [5.41, 5.74) is 0.589. The maximum atomic E-state index is 13.0. The molecule has 2 aromatic rings. The van der Waals surface area contributed by atoms with Crippen LogP contribution < -0.4 is 0 Å². The second-order valence-electron chi connectivity index (χ2n) is 5.84. The third kappa shape index (κ3) is 3.16. The largest absolute Gasteiger partial charge is 0.335 e. The first-order valence-electron chi connectivity index (χ1n) is 7.44. The van der Waals surface area contributed by atoms with Crippen molar-refractivity contribution in [3.05, 3.63) is 41.7 Å². The van der Waals surface area contributed by atoms with Crippen LogP contribution >= 0.6 is 0 Å². The van der Waals surface area contributed by atoms with Gasteiger partial charge >= 0.3 is 0 Å². The Morgan fingerprint density at radius 2 is 2.00 bits per heavy atom. The van der Waals surface area contributed by atoms with Crippen LogP contribution in [-0.4, -0.2) is 58.6 Å². The fourth-order valence-electron chi connectivity index (χ4n) is 2.71. The van der Waals surface area contributed by atoms with E-state index in [0.29, 0.717) is 17.9 Å². The summed E-state index contributed by atoms with van der Waals surface area (Å²) >= 11 is 0. The lowest BCUT2D eigenvalue weighted by atomic mass is 10.2. The molecule has 1 atom stereocenters. The van der Waals surface area contributed by atoms with Gasteiger partial charge in [0.1, 0.15) is 11.6 Å². The summed E-state index contributed by atoms with van der Waals surface area (Å²) in [4.78, 5) is 18.1. The Morgan fingerprint density at radius 1 is 1.33 bits per heavy atom. The zero-order valence-electron chi connectivity index (χ0n) is 13.3. The molecule has 1 aliphatic heterocycles. The Balaban J connectivity index is 1.84. The first-order chi connectivity index (χ1) is 11.3. The number of sulfone groups is 1. The molecule has 3 rings (SSSR count). The molecule has 0 bridgehead atoms. The van der Waals surface area contributed by atoms with Gasteiger partial charge in [0, 0.05) is 13.1 Å². The van der Waals surface area contributed by atoms with Gasteiger partial charge in [0.2, 0.25) is 5.82 Å². The Bertz CT molecular complexity index is 877. The molecular formula is C15H17FN4O3S. The summed E-state index contributed by atoms with van der Waals surface area (Å²) in [7, 11) is -1.52. The number of hydrogen-bond donors (Lipinski definition) is 0. The molecule has 1 saturated heterocycles. The number of aryl methyl sites for hydroxylation is 1. The first-order valence-corrected chi connectivity index (χ1v) is 9.26. The molecule has 0 aliphatic carbocycles. The molecule has 128 valence electrons. The van der Waals surface area contributed by atoms with Gasteiger partial charge in [-0.05, 0) is 37.6 Å². The molecule has 0 saturated carbocycles. The monoisotopic (exact) mass is 352 g/mol. The van der Waals surface area contributed by atoms with Crippen LogP contribution in [0.15, 0.2) is 24.3 Å². The molecule has 9 heteroatoms. The number of halogens is 1. The number of rotatable bonds is 3. The number of carbonyl (C=O) groups excluding carboxylic acids is 1. The van der Waals surface area contributed by atoms with Crippen molar-refractivity contribution in [2.24, 2.45) is 0 Å². The second-order valence-corrected chi connectivity index (χ2v) is 8.07. The van der Waals surface area contributed by atoms with Gasteiger partial charge in [-0.25, -0.2) is 22.5 Å². The summed E-state index contributed by atoms with van der Waals surface area (Å²) in [5.74, 6) is -0.268. The van der Waals surface area contributed by atoms with Gasteiger partial charge in [-0.15, -0.1) is 5.10 Å². The summed E-state index contributed by atoms with van der Waals surface area (Å²) in [5, 5.41) is 4.18. The Hall–Kier alpha value is -2.29. The van der Waals surface area contributed by atoms with Crippen molar-refractivity contribution >= 4 is 15.7 Å². The summed E-state index contributed by atoms with van der Waals surface area (Å²) in [6.07, 6.45) is 0.419. The van der Waals surface area contributed by atoms with Crippen molar-refractivity contribution in [3.8, 4) is 5.69 Å². The molecule has 1 aliphatic rings. The normalized spacial score (nSPS) is 19.4. The van der Waals surface area contributed by atoms with Crippen LogP contribution in [0.1, 0.15) is 22.9 Å². The topological polar surface area (TPSA) is 85.2 Å². The summed E-state index contributed by atoms with van der Waals surface area (Å²) in [6, 6.07) is 5.32. The van der Waals surface area contributed by atoms with Crippen molar-refractivity contribution in [2.75, 3.05) is 18.6 Å². The lowest BCUT2D eigenvalue weighted by Gasteiger charge is -2.21. The number of hydrogen-bond acceptors (Lipinski definition) is 5. The third-order valence-electron chi connectivity index (χ3n) is 4.11. The lowest BCUT2D eigenvalue weighted by molar-refractivity contribution is 0.0735. The van der Waals surface area contributed by atoms with Gasteiger partial charge in [0.05, 0.1) is 17.2 Å². The molecule has 0 N–H and O–H groups in total. The molecule has 24 heavy (non-hydrogen) atoms. The fourth-order valence-corrected chi connectivity index (χ4v) is 4.49. The average molecular weight is 352 g/mol. The smallest absolute Gasteiger partial charge is 0.293 e. The number of amides is 1. The number of aromatic nitrogens is 3. The second kappa shape index (κ2) is 5.97. The van der Waals surface area contributed by atoms with E-state index in [2.05, 4.69) is 10.1 Å². The lowest BCUT2D eigenvalue weighted by Crippen LogP contribution is -2.38. The standard InChI is InChI=1S/C15H17FN4O3S/c1-10-17-14(18-20(10)12-5-3-11(16)4-6-12)15(21)19(2)13-7-8-24(22,23)9-13/h3-6,13H,7-9H2,1-2H3. The molecule has 1 aromatic heterocycles. The Morgan fingerprint density at radius 3 is 2.58 bits per heavy atom. The molecular weight excluding hydrogens is 335 g/mol. The van der Waals surface area contributed by atoms with E-state index >= 15 is 0 Å². The van der Waals surface area contributed by atoms with Gasteiger partial charge < -0.3 is 4.90 Å². The Kier molecular flexibility index (Phi) is 4.12. The van der Waals surface area contributed by atoms with Gasteiger partial charge in [-0.1, -0.05) is 0 Å². The van der Waals surface area contributed by atoms with Crippen molar-refractivity contribution in [1.82, 2.24) is 19.7 Å². The predicted octanol–water partition coefficient (Wildman–Crippen LogP) is 0.974. The highest BCUT2D eigenvalue weighted by Gasteiger charge is 2.34. The van der Waals surface area contributed by atoms with Crippen LogP contribution in [0.4, 0.5) is 4.39 Å². The first kappa shape index (κ1) is 16.6. The highest BCUT2D eigenvalue weighted by Crippen LogP contribution is 2.18. The molecule has 7 nitrogen and oxygen atoms in total. The van der Waals surface area contributed by atoms with Crippen LogP contribution in [0.2, 0.25) is 0 Å². The van der Waals surface area contributed by atoms with E-state index in [1.54, 1.807) is 26.1 Å². The van der Waals surface area contributed by atoms with Crippen LogP contribution in [0.3, 0.4) is 0 Å². The predicted molar refractivity (Wildman–Crippen MR) is 85.2 cm³/mol. The van der Waals surface area contributed by atoms with E-state index in [1.165, 1.54) is 21.7 Å². The minimum atomic E-state index is -3.08. The van der Waals surface area contributed by atoms with E-state index in [0.717, 1.165) is 0 Å². The quantitative estimate of drug-likeness (QED) is 0.822. The third-order valence-corrected chi connectivity index (χ3v) is 5.86. The highest BCUT2D eigenvalue weighted by atomic mass is 32.2. The molecule has 1 aromatic carbocycles. The van der Waals surface area contributed by atoms with Crippen LogP contribution in [-0.2, 0) is 9.84 Å². The van der Waals surface area contributed by atoms with Crippen molar-refractivity contribution in [3.63, 3.8) is 0 Å². The van der Waals surface area contributed by atoms with E-state index in [-0.39, 0.29) is 29.2 Å². The maximum Gasteiger partial charge on any atom is 0.293 e. The molecule has 1 fully saturated rings. The Labute approximate surface area is 139 Å². The number of benzene rings is 1. The molecule has 2 heterocycles.